The van der Waals surface area contributed by atoms with Gasteiger partial charge in [0.2, 0.25) is 0 Å². The SMILES string of the molecule is c1ccc(-c2ccc(CN3C[C@@H]4CC[C@H]3CN(Cc3cccnc3)C4)cc2)cc1. The minimum atomic E-state index is 0.666. The second-order valence-corrected chi connectivity index (χ2v) is 8.64. The molecule has 0 aliphatic carbocycles. The minimum Gasteiger partial charge on any atom is -0.297 e. The molecule has 3 fully saturated rings. The van der Waals surface area contributed by atoms with Gasteiger partial charge >= 0.3 is 0 Å². The van der Waals surface area contributed by atoms with E-state index >= 15 is 0 Å². The summed E-state index contributed by atoms with van der Waals surface area (Å²) in [5.74, 6) is 0.786. The molecule has 0 spiro atoms. The summed E-state index contributed by atoms with van der Waals surface area (Å²) in [7, 11) is 0. The summed E-state index contributed by atoms with van der Waals surface area (Å²) in [4.78, 5) is 9.67. The third kappa shape index (κ3) is 4.42. The summed E-state index contributed by atoms with van der Waals surface area (Å²) in [6.07, 6.45) is 6.58. The van der Waals surface area contributed by atoms with Crippen LogP contribution in [0.3, 0.4) is 0 Å². The van der Waals surface area contributed by atoms with Crippen LogP contribution in [0.1, 0.15) is 24.0 Å². The highest BCUT2D eigenvalue weighted by atomic mass is 15.3. The molecule has 3 heteroatoms. The average Bonchev–Trinajstić information content (AvgIpc) is 3.06. The van der Waals surface area contributed by atoms with E-state index in [9.17, 15) is 0 Å². The van der Waals surface area contributed by atoms with Crippen LogP contribution in [0.2, 0.25) is 0 Å². The van der Waals surface area contributed by atoms with E-state index in [1.54, 1.807) is 0 Å². The third-order valence-corrected chi connectivity index (χ3v) is 6.48. The van der Waals surface area contributed by atoms with Gasteiger partial charge < -0.3 is 0 Å². The zero-order valence-electron chi connectivity index (χ0n) is 17.0. The number of hydrogen-bond acceptors (Lipinski definition) is 3. The first-order chi connectivity index (χ1) is 14.3. The van der Waals surface area contributed by atoms with Gasteiger partial charge in [0.25, 0.3) is 0 Å². The molecule has 29 heavy (non-hydrogen) atoms. The Hall–Kier alpha value is -2.49. The minimum absolute atomic E-state index is 0.666. The maximum absolute atomic E-state index is 4.29. The summed E-state index contributed by atoms with van der Waals surface area (Å²) in [5, 5.41) is 0. The quantitative estimate of drug-likeness (QED) is 0.628. The van der Waals surface area contributed by atoms with Crippen LogP contribution in [0.25, 0.3) is 11.1 Å². The van der Waals surface area contributed by atoms with E-state index < -0.39 is 0 Å². The summed E-state index contributed by atoms with van der Waals surface area (Å²) in [6, 6.07) is 24.7. The molecule has 0 N–H and O–H groups in total. The van der Waals surface area contributed by atoms with Crippen molar-refractivity contribution in [2.24, 2.45) is 5.92 Å². The predicted octanol–water partition coefficient (Wildman–Crippen LogP) is 4.85. The number of aromatic nitrogens is 1. The lowest BCUT2D eigenvalue weighted by Crippen LogP contribution is -2.43. The summed E-state index contributed by atoms with van der Waals surface area (Å²) in [5.41, 5.74) is 5.35. The maximum atomic E-state index is 4.29. The van der Waals surface area contributed by atoms with Crippen molar-refractivity contribution in [1.29, 1.82) is 0 Å². The van der Waals surface area contributed by atoms with Gasteiger partial charge in [0, 0.05) is 51.2 Å². The molecule has 3 aliphatic heterocycles. The van der Waals surface area contributed by atoms with Crippen molar-refractivity contribution in [2.45, 2.75) is 32.0 Å². The zero-order chi connectivity index (χ0) is 19.5. The number of nitrogens with zero attached hydrogens (tertiary/aromatic N) is 3. The van der Waals surface area contributed by atoms with Gasteiger partial charge in [-0.15, -0.1) is 0 Å². The highest BCUT2D eigenvalue weighted by molar-refractivity contribution is 5.63. The van der Waals surface area contributed by atoms with Gasteiger partial charge in [-0.3, -0.25) is 14.8 Å². The molecule has 3 nitrogen and oxygen atoms in total. The van der Waals surface area contributed by atoms with Gasteiger partial charge in [-0.2, -0.15) is 0 Å². The standard InChI is InChI=1S/C26H29N3/c1-2-6-24(7-3-1)25-11-8-21(9-12-25)18-29-19-23-10-13-26(29)20-28(17-23)16-22-5-4-14-27-15-22/h1-9,11-12,14-15,23,26H,10,13,16-20H2/t23-,26+/m1/s1. The van der Waals surface area contributed by atoms with E-state index in [4.69, 9.17) is 0 Å². The highest BCUT2D eigenvalue weighted by Gasteiger charge is 2.34. The van der Waals surface area contributed by atoms with E-state index in [1.165, 1.54) is 54.7 Å². The van der Waals surface area contributed by atoms with Gasteiger partial charge in [0.15, 0.2) is 0 Å². The average molecular weight is 384 g/mol. The fourth-order valence-corrected chi connectivity index (χ4v) is 5.02. The summed E-state index contributed by atoms with van der Waals surface area (Å²) < 4.78 is 0. The molecule has 2 aromatic carbocycles. The molecule has 2 atom stereocenters. The zero-order valence-corrected chi connectivity index (χ0v) is 17.0. The molecular weight excluding hydrogens is 354 g/mol. The second kappa shape index (κ2) is 8.48. The first-order valence-electron chi connectivity index (χ1n) is 10.8. The molecule has 0 saturated carbocycles. The van der Waals surface area contributed by atoms with Crippen molar-refractivity contribution < 1.29 is 0 Å². The molecule has 148 valence electrons. The van der Waals surface area contributed by atoms with Crippen LogP contribution in [0.5, 0.6) is 0 Å². The summed E-state index contributed by atoms with van der Waals surface area (Å²) in [6.45, 7) is 5.72. The highest BCUT2D eigenvalue weighted by Crippen LogP contribution is 2.30. The van der Waals surface area contributed by atoms with Crippen LogP contribution in [0.15, 0.2) is 79.1 Å². The van der Waals surface area contributed by atoms with Crippen molar-refractivity contribution in [3.05, 3.63) is 90.3 Å². The number of fused-ring (bicyclic) bond motifs is 4. The van der Waals surface area contributed by atoms with Gasteiger partial charge in [0.05, 0.1) is 0 Å². The smallest absolute Gasteiger partial charge is 0.0312 e. The Bertz CT molecular complexity index is 908. The Morgan fingerprint density at radius 3 is 2.34 bits per heavy atom. The number of hydrogen-bond donors (Lipinski definition) is 0. The van der Waals surface area contributed by atoms with Crippen LogP contribution in [0, 0.1) is 5.92 Å². The topological polar surface area (TPSA) is 19.4 Å². The van der Waals surface area contributed by atoms with E-state index in [0.717, 1.165) is 19.0 Å². The maximum Gasteiger partial charge on any atom is 0.0312 e. The van der Waals surface area contributed by atoms with Crippen LogP contribution >= 0.6 is 0 Å². The van der Waals surface area contributed by atoms with Crippen LogP contribution in [0.4, 0.5) is 0 Å². The van der Waals surface area contributed by atoms with E-state index in [0.29, 0.717) is 6.04 Å². The Kier molecular flexibility index (Phi) is 5.42. The molecule has 3 aliphatic rings. The Morgan fingerprint density at radius 1 is 0.724 bits per heavy atom. The van der Waals surface area contributed by atoms with Crippen molar-refractivity contribution in [1.82, 2.24) is 14.8 Å². The Balaban J connectivity index is 1.25. The van der Waals surface area contributed by atoms with Crippen molar-refractivity contribution in [3.8, 4) is 11.1 Å². The number of pyridine rings is 1. The van der Waals surface area contributed by atoms with E-state index in [1.807, 2.05) is 18.5 Å². The molecule has 0 amide bonds. The lowest BCUT2D eigenvalue weighted by molar-refractivity contribution is 0.123. The van der Waals surface area contributed by atoms with Crippen LogP contribution in [-0.4, -0.2) is 40.5 Å². The Morgan fingerprint density at radius 2 is 1.55 bits per heavy atom. The molecule has 0 unspecified atom stereocenters. The van der Waals surface area contributed by atoms with Gasteiger partial charge in [0.1, 0.15) is 0 Å². The van der Waals surface area contributed by atoms with Crippen LogP contribution < -0.4 is 0 Å². The lowest BCUT2D eigenvalue weighted by Gasteiger charge is -2.36. The van der Waals surface area contributed by atoms with E-state index in [2.05, 4.69) is 75.4 Å². The fourth-order valence-electron chi connectivity index (χ4n) is 5.02. The third-order valence-electron chi connectivity index (χ3n) is 6.48. The van der Waals surface area contributed by atoms with Crippen molar-refractivity contribution in [3.63, 3.8) is 0 Å². The molecule has 4 heterocycles. The monoisotopic (exact) mass is 383 g/mol. The Labute approximate surface area is 174 Å². The molecule has 3 aromatic rings. The normalized spacial score (nSPS) is 22.5. The molecule has 0 radical (unpaired) electrons. The largest absolute Gasteiger partial charge is 0.297 e. The molecule has 1 aromatic heterocycles. The molecular formula is C26H29N3. The fraction of sp³-hybridized carbons (Fsp3) is 0.346. The number of rotatable bonds is 5. The van der Waals surface area contributed by atoms with Crippen molar-refractivity contribution in [2.75, 3.05) is 19.6 Å². The molecule has 6 rings (SSSR count). The van der Waals surface area contributed by atoms with Gasteiger partial charge in [-0.05, 0) is 47.1 Å². The predicted molar refractivity (Wildman–Crippen MR) is 118 cm³/mol. The number of piperidine rings is 1. The van der Waals surface area contributed by atoms with E-state index in [-0.39, 0.29) is 0 Å². The summed E-state index contributed by atoms with van der Waals surface area (Å²) >= 11 is 0. The number of benzene rings is 2. The molecule has 3 saturated heterocycles. The molecule has 2 bridgehead atoms. The van der Waals surface area contributed by atoms with Gasteiger partial charge in [-0.25, -0.2) is 0 Å². The van der Waals surface area contributed by atoms with Crippen LogP contribution in [-0.2, 0) is 13.1 Å². The van der Waals surface area contributed by atoms with Gasteiger partial charge in [-0.1, -0.05) is 60.7 Å². The lowest BCUT2D eigenvalue weighted by atomic mass is 9.94. The first-order valence-corrected chi connectivity index (χ1v) is 10.8. The second-order valence-electron chi connectivity index (χ2n) is 8.64. The first kappa shape index (κ1) is 18.5. The van der Waals surface area contributed by atoms with Crippen molar-refractivity contribution >= 4 is 0 Å².